The first-order chi connectivity index (χ1) is 10.7. The van der Waals surface area contributed by atoms with Crippen LogP contribution in [0.5, 0.6) is 0 Å². The Morgan fingerprint density at radius 2 is 2.04 bits per heavy atom. The predicted molar refractivity (Wildman–Crippen MR) is 101 cm³/mol. The smallest absolute Gasteiger partial charge is 0.316 e. The van der Waals surface area contributed by atoms with Crippen LogP contribution in [0.1, 0.15) is 13.3 Å². The Labute approximate surface area is 159 Å². The third-order valence-electron chi connectivity index (χ3n) is 4.06. The molecule has 9 heteroatoms. The Bertz CT molecular complexity index is 526. The summed E-state index contributed by atoms with van der Waals surface area (Å²) in [6, 6.07) is 0. The van der Waals surface area contributed by atoms with E-state index in [1.165, 1.54) is 18.2 Å². The van der Waals surface area contributed by atoms with Crippen molar-refractivity contribution in [2.45, 2.75) is 18.4 Å². The average Bonchev–Trinajstić information content (AvgIpc) is 2.53. The summed E-state index contributed by atoms with van der Waals surface area (Å²) in [7, 11) is 0. The fraction of sp³-hybridized carbons (Fsp3) is 0.667. The van der Waals surface area contributed by atoms with Crippen molar-refractivity contribution in [3.63, 3.8) is 0 Å². The summed E-state index contributed by atoms with van der Waals surface area (Å²) in [5, 5.41) is 4.27. The summed E-state index contributed by atoms with van der Waals surface area (Å²) in [5.74, 6) is 2.39. The van der Waals surface area contributed by atoms with Crippen LogP contribution in [0.25, 0.3) is 0 Å². The van der Waals surface area contributed by atoms with Crippen LogP contribution in [-0.2, 0) is 9.53 Å². The van der Waals surface area contributed by atoms with Crippen LogP contribution in [0.4, 0.5) is 5.82 Å². The van der Waals surface area contributed by atoms with Crippen molar-refractivity contribution < 1.29 is 9.53 Å². The number of fused-ring (bicyclic) bond motifs is 2. The van der Waals surface area contributed by atoms with Crippen molar-refractivity contribution >= 4 is 48.4 Å². The maximum Gasteiger partial charge on any atom is 0.316 e. The number of aromatic nitrogens is 2. The van der Waals surface area contributed by atoms with E-state index in [0.29, 0.717) is 18.4 Å². The van der Waals surface area contributed by atoms with Crippen LogP contribution in [-0.4, -0.2) is 54.5 Å². The van der Waals surface area contributed by atoms with Gasteiger partial charge in [-0.05, 0) is 38.3 Å². The highest BCUT2D eigenvalue weighted by molar-refractivity contribution is 7.99. The average molecular weight is 395 g/mol. The molecule has 3 rings (SSSR count). The van der Waals surface area contributed by atoms with Gasteiger partial charge in [0, 0.05) is 13.1 Å². The van der Waals surface area contributed by atoms with E-state index in [2.05, 4.69) is 20.2 Å². The molecule has 2 saturated heterocycles. The standard InChI is InChI=1S/C15H22N4O2S.2ClH/c1-2-21-15(20)10-22-14-7-17-6-13(18-14)19-8-11-3-12(9-19)5-16-4-11;;/h6-7,11-12,16H,2-5,8-10H2,1H3;2*1H. The molecule has 2 unspecified atom stereocenters. The molecule has 0 radical (unpaired) electrons. The fourth-order valence-corrected chi connectivity index (χ4v) is 3.83. The first kappa shape index (κ1) is 21.3. The van der Waals surface area contributed by atoms with Crippen molar-refractivity contribution in [1.29, 1.82) is 0 Å². The summed E-state index contributed by atoms with van der Waals surface area (Å²) in [4.78, 5) is 22.7. The lowest BCUT2D eigenvalue weighted by Crippen LogP contribution is -2.51. The lowest BCUT2D eigenvalue weighted by atomic mass is 9.86. The second kappa shape index (κ2) is 10.3. The van der Waals surface area contributed by atoms with Gasteiger partial charge in [0.05, 0.1) is 24.8 Å². The SMILES string of the molecule is CCOC(=O)CSc1cncc(N2CC3CNCC(C3)C2)n1.Cl.Cl. The lowest BCUT2D eigenvalue weighted by molar-refractivity contribution is -0.139. The first-order valence-corrected chi connectivity index (χ1v) is 8.79. The summed E-state index contributed by atoms with van der Waals surface area (Å²) in [6.45, 7) is 6.48. The van der Waals surface area contributed by atoms with Crippen molar-refractivity contribution in [2.24, 2.45) is 11.8 Å². The molecule has 1 N–H and O–H groups in total. The Hall–Kier alpha value is -0.760. The summed E-state index contributed by atoms with van der Waals surface area (Å²) in [5.41, 5.74) is 0. The molecule has 1 aromatic heterocycles. The number of anilines is 1. The molecule has 0 aliphatic carbocycles. The van der Waals surface area contributed by atoms with E-state index in [-0.39, 0.29) is 36.5 Å². The van der Waals surface area contributed by atoms with Crippen LogP contribution in [0.2, 0.25) is 0 Å². The predicted octanol–water partition coefficient (Wildman–Crippen LogP) is 2.02. The quantitative estimate of drug-likeness (QED) is 0.604. The molecule has 2 aliphatic rings. The van der Waals surface area contributed by atoms with Crippen LogP contribution >= 0.6 is 36.6 Å². The van der Waals surface area contributed by atoms with E-state index in [1.807, 2.05) is 13.1 Å². The number of carbonyl (C=O) groups excluding carboxylic acids is 1. The van der Waals surface area contributed by atoms with Crippen molar-refractivity contribution in [3.8, 4) is 0 Å². The zero-order valence-electron chi connectivity index (χ0n) is 13.6. The minimum Gasteiger partial charge on any atom is -0.465 e. The van der Waals surface area contributed by atoms with E-state index in [9.17, 15) is 4.79 Å². The molecule has 2 bridgehead atoms. The van der Waals surface area contributed by atoms with Crippen molar-refractivity contribution in [2.75, 3.05) is 43.4 Å². The maximum atomic E-state index is 11.4. The maximum absolute atomic E-state index is 11.4. The number of rotatable bonds is 5. The largest absolute Gasteiger partial charge is 0.465 e. The van der Waals surface area contributed by atoms with Crippen LogP contribution < -0.4 is 10.2 Å². The second-order valence-corrected chi connectivity index (χ2v) is 6.84. The molecule has 2 fully saturated rings. The number of thioether (sulfide) groups is 1. The number of hydrogen-bond acceptors (Lipinski definition) is 7. The van der Waals surface area contributed by atoms with Gasteiger partial charge in [0.2, 0.25) is 0 Å². The van der Waals surface area contributed by atoms with Crippen LogP contribution in [0.15, 0.2) is 17.4 Å². The van der Waals surface area contributed by atoms with Gasteiger partial charge in [-0.15, -0.1) is 24.8 Å². The number of nitrogens with one attached hydrogen (secondary N) is 1. The zero-order valence-corrected chi connectivity index (χ0v) is 16.1. The molecule has 0 spiro atoms. The lowest BCUT2D eigenvalue weighted by Gasteiger charge is -2.42. The van der Waals surface area contributed by atoms with Gasteiger partial charge >= 0.3 is 5.97 Å². The molecule has 1 aromatic rings. The molecule has 0 amide bonds. The fourth-order valence-electron chi connectivity index (χ4n) is 3.19. The normalized spacial score (nSPS) is 22.1. The van der Waals surface area contributed by atoms with Crippen molar-refractivity contribution in [3.05, 3.63) is 12.4 Å². The zero-order chi connectivity index (χ0) is 15.4. The van der Waals surface area contributed by atoms with Gasteiger partial charge in [0.1, 0.15) is 10.8 Å². The second-order valence-electron chi connectivity index (χ2n) is 5.84. The first-order valence-electron chi connectivity index (χ1n) is 7.80. The Balaban J connectivity index is 0.00000144. The van der Waals surface area contributed by atoms with Crippen LogP contribution in [0, 0.1) is 11.8 Å². The van der Waals surface area contributed by atoms with E-state index in [1.54, 1.807) is 6.20 Å². The van der Waals surface area contributed by atoms with E-state index in [0.717, 1.165) is 37.0 Å². The third kappa shape index (κ3) is 5.65. The number of piperidine rings is 2. The number of carbonyl (C=O) groups is 1. The Morgan fingerprint density at radius 1 is 1.33 bits per heavy atom. The van der Waals surface area contributed by atoms with Gasteiger partial charge in [0.15, 0.2) is 0 Å². The van der Waals surface area contributed by atoms with Gasteiger partial charge in [-0.2, -0.15) is 0 Å². The third-order valence-corrected chi connectivity index (χ3v) is 4.93. The minimum atomic E-state index is -0.210. The van der Waals surface area contributed by atoms with E-state index < -0.39 is 0 Å². The highest BCUT2D eigenvalue weighted by atomic mass is 35.5. The number of halogens is 2. The van der Waals surface area contributed by atoms with Gasteiger partial charge in [0.25, 0.3) is 0 Å². The summed E-state index contributed by atoms with van der Waals surface area (Å²) >= 11 is 1.38. The van der Waals surface area contributed by atoms with Crippen molar-refractivity contribution in [1.82, 2.24) is 15.3 Å². The molecule has 6 nitrogen and oxygen atoms in total. The van der Waals surface area contributed by atoms with Gasteiger partial charge in [-0.3, -0.25) is 9.78 Å². The van der Waals surface area contributed by atoms with Gasteiger partial charge in [-0.25, -0.2) is 4.98 Å². The molecule has 0 aromatic carbocycles. The van der Waals surface area contributed by atoms with E-state index >= 15 is 0 Å². The molecule has 136 valence electrons. The molecular formula is C15H24Cl2N4O2S. The molecule has 2 aliphatic heterocycles. The van der Waals surface area contributed by atoms with E-state index in [4.69, 9.17) is 4.74 Å². The summed E-state index contributed by atoms with van der Waals surface area (Å²) in [6.07, 6.45) is 4.84. The molecule has 2 atom stereocenters. The molecule has 24 heavy (non-hydrogen) atoms. The van der Waals surface area contributed by atoms with Crippen LogP contribution in [0.3, 0.4) is 0 Å². The van der Waals surface area contributed by atoms with Gasteiger partial charge < -0.3 is 15.0 Å². The van der Waals surface area contributed by atoms with Gasteiger partial charge in [-0.1, -0.05) is 11.8 Å². The number of esters is 1. The molecule has 0 saturated carbocycles. The monoisotopic (exact) mass is 394 g/mol. The highest BCUT2D eigenvalue weighted by Crippen LogP contribution is 2.28. The Morgan fingerprint density at radius 3 is 2.71 bits per heavy atom. The Kier molecular flexibility index (Phi) is 9.12. The molecule has 3 heterocycles. The number of hydrogen-bond donors (Lipinski definition) is 1. The minimum absolute atomic E-state index is 0. The summed E-state index contributed by atoms with van der Waals surface area (Å²) < 4.78 is 4.94. The number of nitrogens with zero attached hydrogens (tertiary/aromatic N) is 3. The topological polar surface area (TPSA) is 67.3 Å². The number of ether oxygens (including phenoxy) is 1. The highest BCUT2D eigenvalue weighted by Gasteiger charge is 2.31. The molecular weight excluding hydrogens is 371 g/mol.